The molecule has 1 aromatic heterocycles. The highest BCUT2D eigenvalue weighted by molar-refractivity contribution is 5.82. The molecule has 1 aliphatic rings. The number of hydrogen-bond donors (Lipinski definition) is 2. The predicted octanol–water partition coefficient (Wildman–Crippen LogP) is 4.94. The number of nitrogens with zero attached hydrogens (tertiary/aromatic N) is 2. The van der Waals surface area contributed by atoms with Crippen molar-refractivity contribution in [3.8, 4) is 5.75 Å². The lowest BCUT2D eigenvalue weighted by Gasteiger charge is -2.31. The lowest BCUT2D eigenvalue weighted by Crippen LogP contribution is -2.25. The summed E-state index contributed by atoms with van der Waals surface area (Å²) in [6, 6.07) is 14.3. The Morgan fingerprint density at radius 2 is 2.03 bits per heavy atom. The minimum absolute atomic E-state index is 0.230. The van der Waals surface area contributed by atoms with Crippen LogP contribution in [0.5, 0.6) is 5.75 Å². The van der Waals surface area contributed by atoms with Crippen LogP contribution in [0.2, 0.25) is 0 Å². The van der Waals surface area contributed by atoms with E-state index in [-0.39, 0.29) is 18.1 Å². The van der Waals surface area contributed by atoms with Crippen LogP contribution in [-0.2, 0) is 22.4 Å². The lowest BCUT2D eigenvalue weighted by atomic mass is 9.91. The summed E-state index contributed by atoms with van der Waals surface area (Å²) in [5.41, 5.74) is 3.79. The van der Waals surface area contributed by atoms with Gasteiger partial charge >= 0.3 is 0 Å². The number of carbonyl (C=O) groups excluding carboxylic acids is 1. The van der Waals surface area contributed by atoms with Crippen molar-refractivity contribution in [2.24, 2.45) is 0 Å². The van der Waals surface area contributed by atoms with Gasteiger partial charge in [-0.3, -0.25) is 0 Å². The van der Waals surface area contributed by atoms with Crippen LogP contribution in [0.4, 0.5) is 0 Å². The largest absolute Gasteiger partial charge is 0.508 e. The molecule has 2 aromatic carbocycles. The Kier molecular flexibility index (Phi) is 8.01. The Labute approximate surface area is 202 Å². The van der Waals surface area contributed by atoms with E-state index in [2.05, 4.69) is 16.8 Å². The van der Waals surface area contributed by atoms with Crippen molar-refractivity contribution >= 4 is 17.3 Å². The van der Waals surface area contributed by atoms with E-state index in [4.69, 9.17) is 9.72 Å². The van der Waals surface area contributed by atoms with Crippen LogP contribution in [0.25, 0.3) is 11.0 Å². The monoisotopic (exact) mass is 463 g/mol. The quantitative estimate of drug-likeness (QED) is 0.417. The van der Waals surface area contributed by atoms with Crippen LogP contribution in [0, 0.1) is 0 Å². The summed E-state index contributed by atoms with van der Waals surface area (Å²) < 4.78 is 8.06. The number of hydrogen-bond acceptors (Lipinski definition) is 5. The van der Waals surface area contributed by atoms with Gasteiger partial charge < -0.3 is 24.5 Å². The summed E-state index contributed by atoms with van der Waals surface area (Å²) in [6.45, 7) is 2.14. The van der Waals surface area contributed by atoms with Crippen molar-refractivity contribution in [2.75, 3.05) is 14.2 Å². The van der Waals surface area contributed by atoms with Crippen LogP contribution >= 0.6 is 0 Å². The van der Waals surface area contributed by atoms with E-state index in [1.807, 2.05) is 43.4 Å². The van der Waals surface area contributed by atoms with Gasteiger partial charge in [0, 0.05) is 37.1 Å². The Morgan fingerprint density at radius 1 is 1.24 bits per heavy atom. The number of aromatic nitrogens is 2. The zero-order valence-corrected chi connectivity index (χ0v) is 20.5. The maximum atomic E-state index is 12.1. The molecule has 6 heteroatoms. The van der Waals surface area contributed by atoms with Gasteiger partial charge in [-0.15, -0.1) is 0 Å². The molecule has 1 fully saturated rings. The molecule has 1 heterocycles. The maximum absolute atomic E-state index is 12.1. The minimum Gasteiger partial charge on any atom is -0.508 e. The lowest BCUT2D eigenvalue weighted by molar-refractivity contribution is -0.109. The molecular formula is C28H37N3O3. The number of aromatic hydroxyl groups is 1. The second kappa shape index (κ2) is 11.2. The average Bonchev–Trinajstić information content (AvgIpc) is 3.25. The Hall–Kier alpha value is -2.70. The third-order valence-electron chi connectivity index (χ3n) is 7.43. The summed E-state index contributed by atoms with van der Waals surface area (Å²) in [6.07, 6.45) is 7.60. The number of methoxy groups -OCH3 is 1. The molecule has 0 aliphatic heterocycles. The number of aryl methyl sites for hydroxylation is 1. The van der Waals surface area contributed by atoms with Gasteiger partial charge in [-0.25, -0.2) is 4.98 Å². The zero-order valence-electron chi connectivity index (χ0n) is 20.5. The Balaban J connectivity index is 1.79. The number of phenolic OH excluding ortho intramolecular Hbond substituents is 1. The molecule has 3 aromatic rings. The van der Waals surface area contributed by atoms with Crippen molar-refractivity contribution in [1.82, 2.24) is 14.9 Å². The molecule has 4 unspecified atom stereocenters. The third-order valence-corrected chi connectivity index (χ3v) is 7.43. The molecule has 4 rings (SSSR count). The standard InChI is InChI=1S/C28H37N3O3/c1-19(29-2)12-13-24-26(33)15-14-25-28(24)30-27(16-21(18-32)20-8-5-4-6-9-20)31(25)22-10-7-11-23(17-22)34-3/h4-6,8-9,14-15,18-19,21-23,29,33H,7,10-13,16-17H2,1-3H3. The molecule has 34 heavy (non-hydrogen) atoms. The number of rotatable bonds is 10. The van der Waals surface area contributed by atoms with Gasteiger partial charge in [-0.2, -0.15) is 0 Å². The van der Waals surface area contributed by atoms with Gasteiger partial charge in [0.25, 0.3) is 0 Å². The van der Waals surface area contributed by atoms with Gasteiger partial charge in [0.05, 0.1) is 17.1 Å². The number of aldehydes is 1. The van der Waals surface area contributed by atoms with Crippen LogP contribution in [0.1, 0.15) is 67.9 Å². The van der Waals surface area contributed by atoms with Gasteiger partial charge in [-0.1, -0.05) is 30.3 Å². The molecule has 4 atom stereocenters. The normalized spacial score (nSPS) is 20.3. The summed E-state index contributed by atoms with van der Waals surface area (Å²) in [5, 5.41) is 14.0. The average molecular weight is 464 g/mol. The smallest absolute Gasteiger partial charge is 0.127 e. The minimum atomic E-state index is -0.264. The SMILES string of the molecule is CNC(C)CCc1c(O)ccc2c1nc(CC(C=O)c1ccccc1)n2C1CCCC(OC)C1. The third kappa shape index (κ3) is 5.18. The van der Waals surface area contributed by atoms with Gasteiger partial charge in [0.2, 0.25) is 0 Å². The zero-order chi connectivity index (χ0) is 24.1. The molecule has 1 aliphatic carbocycles. The highest BCUT2D eigenvalue weighted by Gasteiger charge is 2.29. The van der Waals surface area contributed by atoms with Crippen LogP contribution in [0.15, 0.2) is 42.5 Å². The number of phenols is 1. The van der Waals surface area contributed by atoms with Crippen molar-refractivity contribution in [3.63, 3.8) is 0 Å². The first kappa shape index (κ1) is 24.4. The van der Waals surface area contributed by atoms with Crippen molar-refractivity contribution in [3.05, 3.63) is 59.4 Å². The van der Waals surface area contributed by atoms with E-state index in [1.54, 1.807) is 13.2 Å². The van der Waals surface area contributed by atoms with Crippen molar-refractivity contribution in [2.45, 2.75) is 76.0 Å². The van der Waals surface area contributed by atoms with Gasteiger partial charge in [0.15, 0.2) is 0 Å². The van der Waals surface area contributed by atoms with E-state index in [1.165, 1.54) is 0 Å². The Morgan fingerprint density at radius 3 is 2.74 bits per heavy atom. The van der Waals surface area contributed by atoms with Crippen LogP contribution in [0.3, 0.4) is 0 Å². The highest BCUT2D eigenvalue weighted by Crippen LogP contribution is 2.37. The summed E-state index contributed by atoms with van der Waals surface area (Å²) >= 11 is 0. The topological polar surface area (TPSA) is 76.4 Å². The number of benzene rings is 2. The number of ether oxygens (including phenoxy) is 1. The molecule has 0 bridgehead atoms. The van der Waals surface area contributed by atoms with Crippen LogP contribution < -0.4 is 5.32 Å². The van der Waals surface area contributed by atoms with Gasteiger partial charge in [-0.05, 0) is 70.2 Å². The number of carbonyl (C=O) groups is 1. The molecule has 0 amide bonds. The van der Waals surface area contributed by atoms with Crippen LogP contribution in [-0.4, -0.2) is 47.2 Å². The first-order valence-corrected chi connectivity index (χ1v) is 12.5. The Bertz CT molecular complexity index is 1100. The first-order chi connectivity index (χ1) is 16.5. The fourth-order valence-corrected chi connectivity index (χ4v) is 5.27. The predicted molar refractivity (Wildman–Crippen MR) is 135 cm³/mol. The molecular weight excluding hydrogens is 426 g/mol. The number of fused-ring (bicyclic) bond motifs is 1. The summed E-state index contributed by atoms with van der Waals surface area (Å²) in [4.78, 5) is 17.2. The first-order valence-electron chi connectivity index (χ1n) is 12.5. The molecule has 182 valence electrons. The molecule has 0 spiro atoms. The van der Waals surface area contributed by atoms with E-state index in [0.717, 1.165) is 72.8 Å². The molecule has 0 radical (unpaired) electrons. The van der Waals surface area contributed by atoms with E-state index in [9.17, 15) is 9.90 Å². The van der Waals surface area contributed by atoms with E-state index >= 15 is 0 Å². The fraction of sp³-hybridized carbons (Fsp3) is 0.500. The van der Waals surface area contributed by atoms with Crippen molar-refractivity contribution in [1.29, 1.82) is 0 Å². The number of nitrogens with one attached hydrogen (secondary N) is 1. The second-order valence-electron chi connectivity index (χ2n) is 9.59. The summed E-state index contributed by atoms with van der Waals surface area (Å²) in [7, 11) is 3.74. The van der Waals surface area contributed by atoms with Crippen molar-refractivity contribution < 1.29 is 14.6 Å². The molecule has 1 saturated carbocycles. The molecule has 2 N–H and O–H groups in total. The van der Waals surface area contributed by atoms with Gasteiger partial charge in [0.1, 0.15) is 17.9 Å². The fourth-order valence-electron chi connectivity index (χ4n) is 5.27. The highest BCUT2D eigenvalue weighted by atomic mass is 16.5. The van der Waals surface area contributed by atoms with E-state index in [0.29, 0.717) is 18.2 Å². The molecule has 6 nitrogen and oxygen atoms in total. The van der Waals surface area contributed by atoms with E-state index < -0.39 is 0 Å². The maximum Gasteiger partial charge on any atom is 0.127 e. The second-order valence-corrected chi connectivity index (χ2v) is 9.59. The summed E-state index contributed by atoms with van der Waals surface area (Å²) in [5.74, 6) is 0.937. The number of imidazole rings is 1. The molecule has 0 saturated heterocycles.